The van der Waals surface area contributed by atoms with Gasteiger partial charge in [0.1, 0.15) is 0 Å². The van der Waals surface area contributed by atoms with Gasteiger partial charge >= 0.3 is 0 Å². The molecule has 3 rings (SSSR count). The number of nitrogens with zero attached hydrogens (tertiary/aromatic N) is 1. The van der Waals surface area contributed by atoms with Crippen molar-refractivity contribution in [2.45, 2.75) is 6.92 Å². The van der Waals surface area contributed by atoms with Crippen molar-refractivity contribution in [2.75, 3.05) is 4.90 Å². The molecule has 1 aliphatic heterocycles. The van der Waals surface area contributed by atoms with Gasteiger partial charge in [0.15, 0.2) is 4.32 Å². The minimum absolute atomic E-state index is 0.0709. The van der Waals surface area contributed by atoms with Gasteiger partial charge in [-0.05, 0) is 37.3 Å². The molecular weight excluding hydrogens is 288 g/mol. The van der Waals surface area contributed by atoms with Gasteiger partial charge in [-0.2, -0.15) is 0 Å². The summed E-state index contributed by atoms with van der Waals surface area (Å²) in [4.78, 5) is 17.7. The zero-order chi connectivity index (χ0) is 14.1. The van der Waals surface area contributed by atoms with Gasteiger partial charge in [0.05, 0.1) is 10.6 Å². The van der Waals surface area contributed by atoms with E-state index in [1.165, 1.54) is 11.8 Å². The highest BCUT2D eigenvalue weighted by atomic mass is 32.2. The molecule has 2 heterocycles. The van der Waals surface area contributed by atoms with E-state index in [0.29, 0.717) is 9.23 Å². The number of H-pyrrole nitrogens is 1. The van der Waals surface area contributed by atoms with Gasteiger partial charge in [-0.25, -0.2) is 0 Å². The number of amides is 1. The predicted molar refractivity (Wildman–Crippen MR) is 87.6 cm³/mol. The predicted octanol–water partition coefficient (Wildman–Crippen LogP) is 3.73. The zero-order valence-electron chi connectivity index (χ0n) is 10.8. The number of thiocarbonyl (C=S) groups is 1. The maximum Gasteiger partial charge on any atom is 0.270 e. The number of benzene rings is 1. The molecule has 1 N–H and O–H groups in total. The van der Waals surface area contributed by atoms with E-state index >= 15 is 0 Å². The van der Waals surface area contributed by atoms with Crippen molar-refractivity contribution in [3.63, 3.8) is 0 Å². The second kappa shape index (κ2) is 5.26. The topological polar surface area (TPSA) is 36.1 Å². The van der Waals surface area contributed by atoms with Crippen molar-refractivity contribution in [3.8, 4) is 0 Å². The van der Waals surface area contributed by atoms with Crippen molar-refractivity contribution in [2.24, 2.45) is 0 Å². The van der Waals surface area contributed by atoms with Gasteiger partial charge in [-0.3, -0.25) is 9.69 Å². The monoisotopic (exact) mass is 300 g/mol. The molecule has 1 aromatic heterocycles. The van der Waals surface area contributed by atoms with Crippen LogP contribution < -0.4 is 4.90 Å². The molecule has 0 atom stereocenters. The molecule has 2 aromatic rings. The molecule has 0 unspecified atom stereocenters. The number of hydrogen-bond donors (Lipinski definition) is 1. The van der Waals surface area contributed by atoms with Crippen LogP contribution in [0.3, 0.4) is 0 Å². The molecule has 0 spiro atoms. The normalized spacial score (nSPS) is 17.2. The molecule has 3 nitrogen and oxygen atoms in total. The van der Waals surface area contributed by atoms with Gasteiger partial charge in [0, 0.05) is 11.9 Å². The fourth-order valence-electron chi connectivity index (χ4n) is 1.96. The number of rotatable bonds is 2. The van der Waals surface area contributed by atoms with E-state index in [-0.39, 0.29) is 5.91 Å². The largest absolute Gasteiger partial charge is 0.362 e. The summed E-state index contributed by atoms with van der Waals surface area (Å²) >= 11 is 6.65. The quantitative estimate of drug-likeness (QED) is 0.678. The minimum Gasteiger partial charge on any atom is -0.362 e. The first kappa shape index (κ1) is 13.1. The van der Waals surface area contributed by atoms with Gasteiger partial charge in [-0.1, -0.05) is 41.7 Å². The highest BCUT2D eigenvalue weighted by Crippen LogP contribution is 2.35. The van der Waals surface area contributed by atoms with Crippen molar-refractivity contribution in [3.05, 3.63) is 58.8 Å². The minimum atomic E-state index is -0.0709. The van der Waals surface area contributed by atoms with Crippen LogP contribution in [0.4, 0.5) is 5.69 Å². The van der Waals surface area contributed by atoms with E-state index in [1.54, 1.807) is 4.90 Å². The molecular formula is C15H12N2OS2. The first-order chi connectivity index (χ1) is 9.65. The van der Waals surface area contributed by atoms with Crippen LogP contribution in [0.15, 0.2) is 47.5 Å². The van der Waals surface area contributed by atoms with Crippen LogP contribution in [0.1, 0.15) is 11.3 Å². The van der Waals surface area contributed by atoms with Crippen LogP contribution in [0.5, 0.6) is 0 Å². The third kappa shape index (κ3) is 2.42. The lowest BCUT2D eigenvalue weighted by atomic mass is 10.2. The SMILES string of the molecule is Cc1ccc(N2C(=O)/C(=C/c3ccc[nH]3)SC2=S)cc1. The molecule has 20 heavy (non-hydrogen) atoms. The Morgan fingerprint density at radius 1 is 1.25 bits per heavy atom. The summed E-state index contributed by atoms with van der Waals surface area (Å²) in [6, 6.07) is 11.6. The van der Waals surface area contributed by atoms with E-state index < -0.39 is 0 Å². The number of thioether (sulfide) groups is 1. The van der Waals surface area contributed by atoms with E-state index in [1.807, 2.05) is 55.6 Å². The van der Waals surface area contributed by atoms with Gasteiger partial charge in [0.2, 0.25) is 0 Å². The average molecular weight is 300 g/mol. The Kier molecular flexibility index (Phi) is 3.46. The third-order valence-electron chi connectivity index (χ3n) is 2.99. The summed E-state index contributed by atoms with van der Waals surface area (Å²) < 4.78 is 0.566. The standard InChI is InChI=1S/C15H12N2OS2/c1-10-4-6-12(7-5-10)17-14(18)13(20-15(17)19)9-11-3-2-8-16-11/h2-9,16H,1H3/b13-9-. The number of nitrogens with one attached hydrogen (secondary N) is 1. The fourth-order valence-corrected chi connectivity index (χ4v) is 3.25. The van der Waals surface area contributed by atoms with Crippen molar-refractivity contribution in [1.29, 1.82) is 0 Å². The maximum absolute atomic E-state index is 12.5. The number of aromatic nitrogens is 1. The summed E-state index contributed by atoms with van der Waals surface area (Å²) in [6.45, 7) is 2.01. The number of aryl methyl sites for hydroxylation is 1. The number of carbonyl (C=O) groups excluding carboxylic acids is 1. The second-order valence-electron chi connectivity index (χ2n) is 4.48. The van der Waals surface area contributed by atoms with Crippen LogP contribution in [0.25, 0.3) is 6.08 Å². The molecule has 1 saturated heterocycles. The highest BCUT2D eigenvalue weighted by Gasteiger charge is 2.33. The Morgan fingerprint density at radius 3 is 2.65 bits per heavy atom. The van der Waals surface area contributed by atoms with Crippen LogP contribution in [-0.4, -0.2) is 15.2 Å². The first-order valence-corrected chi connectivity index (χ1v) is 7.35. The van der Waals surface area contributed by atoms with Gasteiger partial charge < -0.3 is 4.98 Å². The number of hydrogen-bond acceptors (Lipinski definition) is 3. The Balaban J connectivity index is 1.93. The molecule has 1 amide bonds. The molecule has 0 radical (unpaired) electrons. The van der Waals surface area contributed by atoms with Crippen LogP contribution in [0, 0.1) is 6.92 Å². The molecule has 100 valence electrons. The number of anilines is 1. The molecule has 1 aliphatic rings. The fraction of sp³-hybridized carbons (Fsp3) is 0.0667. The smallest absolute Gasteiger partial charge is 0.270 e. The number of aromatic amines is 1. The van der Waals surface area contributed by atoms with E-state index in [0.717, 1.165) is 16.9 Å². The van der Waals surface area contributed by atoms with Crippen LogP contribution >= 0.6 is 24.0 Å². The van der Waals surface area contributed by atoms with Crippen LogP contribution in [-0.2, 0) is 4.79 Å². The number of carbonyl (C=O) groups is 1. The summed E-state index contributed by atoms with van der Waals surface area (Å²) in [7, 11) is 0. The Labute approximate surface area is 126 Å². The van der Waals surface area contributed by atoms with Gasteiger partial charge in [-0.15, -0.1) is 0 Å². The van der Waals surface area contributed by atoms with Crippen molar-refractivity contribution in [1.82, 2.24) is 4.98 Å². The van der Waals surface area contributed by atoms with Crippen LogP contribution in [0.2, 0.25) is 0 Å². The summed E-state index contributed by atoms with van der Waals surface area (Å²) in [5, 5.41) is 0. The Hall–Kier alpha value is -1.85. The Bertz CT molecular complexity index is 687. The van der Waals surface area contributed by atoms with Crippen molar-refractivity contribution < 1.29 is 4.79 Å². The molecule has 1 aromatic carbocycles. The molecule has 0 bridgehead atoms. The first-order valence-electron chi connectivity index (χ1n) is 6.13. The Morgan fingerprint density at radius 2 is 2.00 bits per heavy atom. The maximum atomic E-state index is 12.5. The lowest BCUT2D eigenvalue weighted by molar-refractivity contribution is -0.113. The lowest BCUT2D eigenvalue weighted by Crippen LogP contribution is -2.27. The third-order valence-corrected chi connectivity index (χ3v) is 4.30. The summed E-state index contributed by atoms with van der Waals surface area (Å²) in [6.07, 6.45) is 3.65. The summed E-state index contributed by atoms with van der Waals surface area (Å²) in [5.74, 6) is -0.0709. The lowest BCUT2D eigenvalue weighted by Gasteiger charge is -2.14. The van der Waals surface area contributed by atoms with E-state index in [9.17, 15) is 4.79 Å². The molecule has 0 aliphatic carbocycles. The van der Waals surface area contributed by atoms with Crippen molar-refractivity contribution >= 4 is 46.0 Å². The zero-order valence-corrected chi connectivity index (χ0v) is 12.4. The average Bonchev–Trinajstić information content (AvgIpc) is 3.02. The summed E-state index contributed by atoms with van der Waals surface area (Å²) in [5.41, 5.74) is 2.86. The highest BCUT2D eigenvalue weighted by molar-refractivity contribution is 8.27. The second-order valence-corrected chi connectivity index (χ2v) is 6.15. The molecule has 5 heteroatoms. The van der Waals surface area contributed by atoms with Gasteiger partial charge in [0.25, 0.3) is 5.91 Å². The van der Waals surface area contributed by atoms with E-state index in [4.69, 9.17) is 12.2 Å². The van der Waals surface area contributed by atoms with E-state index in [2.05, 4.69) is 4.98 Å². The molecule has 1 fully saturated rings. The molecule has 0 saturated carbocycles.